The monoisotopic (exact) mass is 349 g/mol. The van der Waals surface area contributed by atoms with Crippen molar-refractivity contribution in [3.05, 3.63) is 36.5 Å². The molecule has 0 spiro atoms. The Hall–Kier alpha value is -0.900. The van der Waals surface area contributed by atoms with Gasteiger partial charge in [0, 0.05) is 26.2 Å². The van der Waals surface area contributed by atoms with Crippen molar-refractivity contribution < 1.29 is 0 Å². The molecule has 0 amide bonds. The second kappa shape index (κ2) is 23.1. The lowest BCUT2D eigenvalue weighted by atomic mass is 10.1. The lowest BCUT2D eigenvalue weighted by Gasteiger charge is -2.02. The third-order valence-electron chi connectivity index (χ3n) is 4.00. The topological polar surface area (TPSA) is 36.1 Å². The third-order valence-corrected chi connectivity index (χ3v) is 4.00. The first kappa shape index (κ1) is 24.1. The number of allylic oxidation sites excluding steroid dienone is 2. The van der Waals surface area contributed by atoms with Crippen molar-refractivity contribution in [1.82, 2.24) is 16.0 Å². The second-order valence-electron chi connectivity index (χ2n) is 6.43. The van der Waals surface area contributed by atoms with Gasteiger partial charge < -0.3 is 16.0 Å². The molecule has 3 nitrogen and oxygen atoms in total. The second-order valence-corrected chi connectivity index (χ2v) is 6.43. The molecule has 0 aliphatic rings. The van der Waals surface area contributed by atoms with E-state index in [1.165, 1.54) is 51.4 Å². The van der Waals surface area contributed by atoms with Crippen molar-refractivity contribution in [2.24, 2.45) is 0 Å². The lowest BCUT2D eigenvalue weighted by molar-refractivity contribution is 0.608. The van der Waals surface area contributed by atoms with Crippen LogP contribution in [0, 0.1) is 0 Å². The van der Waals surface area contributed by atoms with Gasteiger partial charge in [-0.2, -0.15) is 0 Å². The maximum Gasteiger partial charge on any atom is 0.0138 e. The van der Waals surface area contributed by atoms with E-state index in [0.29, 0.717) is 0 Å². The molecule has 0 aromatic carbocycles. The van der Waals surface area contributed by atoms with Gasteiger partial charge >= 0.3 is 0 Å². The molecule has 25 heavy (non-hydrogen) atoms. The minimum Gasteiger partial charge on any atom is -0.314 e. The van der Waals surface area contributed by atoms with Crippen LogP contribution in [0.15, 0.2) is 36.5 Å². The quantitative estimate of drug-likeness (QED) is 0.236. The van der Waals surface area contributed by atoms with Crippen LogP contribution in [0.2, 0.25) is 0 Å². The van der Waals surface area contributed by atoms with E-state index in [9.17, 15) is 0 Å². The number of rotatable bonds is 19. The van der Waals surface area contributed by atoms with Crippen molar-refractivity contribution in [3.8, 4) is 0 Å². The molecule has 0 radical (unpaired) electrons. The van der Waals surface area contributed by atoms with Crippen molar-refractivity contribution in [2.45, 2.75) is 65.2 Å². The Morgan fingerprint density at radius 2 is 1.08 bits per heavy atom. The van der Waals surface area contributed by atoms with E-state index in [2.05, 4.69) is 66.3 Å². The molecule has 0 atom stereocenters. The van der Waals surface area contributed by atoms with Crippen LogP contribution in [0.5, 0.6) is 0 Å². The van der Waals surface area contributed by atoms with Gasteiger partial charge in [0.15, 0.2) is 0 Å². The van der Waals surface area contributed by atoms with Crippen LogP contribution in [0.4, 0.5) is 0 Å². The summed E-state index contributed by atoms with van der Waals surface area (Å²) in [5, 5.41) is 10.1. The highest BCUT2D eigenvalue weighted by Gasteiger charge is 1.89. The van der Waals surface area contributed by atoms with E-state index in [1.54, 1.807) is 0 Å². The van der Waals surface area contributed by atoms with Crippen LogP contribution in [0.1, 0.15) is 65.2 Å². The van der Waals surface area contributed by atoms with Gasteiger partial charge in [0.05, 0.1) is 0 Å². The molecule has 146 valence electrons. The van der Waals surface area contributed by atoms with Crippen LogP contribution >= 0.6 is 0 Å². The van der Waals surface area contributed by atoms with E-state index in [1.807, 2.05) is 0 Å². The molecule has 0 heterocycles. The number of hydrogen-bond acceptors (Lipinski definition) is 3. The fourth-order valence-corrected chi connectivity index (χ4v) is 2.42. The summed E-state index contributed by atoms with van der Waals surface area (Å²) in [7, 11) is 0. The van der Waals surface area contributed by atoms with Crippen LogP contribution in [0.25, 0.3) is 0 Å². The molecule has 0 aromatic rings. The summed E-state index contributed by atoms with van der Waals surface area (Å²) in [6, 6.07) is 0. The zero-order valence-corrected chi connectivity index (χ0v) is 16.9. The molecule has 0 unspecified atom stereocenters. The van der Waals surface area contributed by atoms with Gasteiger partial charge in [-0.05, 0) is 38.8 Å². The van der Waals surface area contributed by atoms with E-state index >= 15 is 0 Å². The SMILES string of the molecule is CCCC/C=C\CCCCCCNC/C=C\CNC/C=C\CNCC. The van der Waals surface area contributed by atoms with Crippen molar-refractivity contribution in [2.75, 3.05) is 39.3 Å². The fraction of sp³-hybridized carbons (Fsp3) is 0.727. The van der Waals surface area contributed by atoms with Crippen molar-refractivity contribution in [3.63, 3.8) is 0 Å². The summed E-state index contributed by atoms with van der Waals surface area (Å²) < 4.78 is 0. The van der Waals surface area contributed by atoms with Crippen molar-refractivity contribution in [1.29, 1.82) is 0 Å². The van der Waals surface area contributed by atoms with E-state index in [4.69, 9.17) is 0 Å². The fourth-order valence-electron chi connectivity index (χ4n) is 2.42. The number of likely N-dealkylation sites (N-methyl/N-ethyl adjacent to an activating group) is 1. The summed E-state index contributed by atoms with van der Waals surface area (Å²) in [5.74, 6) is 0. The summed E-state index contributed by atoms with van der Waals surface area (Å²) in [4.78, 5) is 0. The summed E-state index contributed by atoms with van der Waals surface area (Å²) >= 11 is 0. The Bertz CT molecular complexity index is 321. The zero-order chi connectivity index (χ0) is 18.3. The van der Waals surface area contributed by atoms with E-state index in [-0.39, 0.29) is 0 Å². The van der Waals surface area contributed by atoms with Crippen LogP contribution < -0.4 is 16.0 Å². The third kappa shape index (κ3) is 23.1. The highest BCUT2D eigenvalue weighted by Crippen LogP contribution is 2.04. The standard InChI is InChI=1S/C22H43N3/c1-3-5-6-7-8-9-10-11-12-13-19-24-21-16-17-22-25-20-15-14-18-23-4-2/h7-8,14-17,23-25H,3-6,9-13,18-22H2,1-2H3/b8-7-,15-14-,17-16-. The van der Waals surface area contributed by atoms with E-state index < -0.39 is 0 Å². The molecular weight excluding hydrogens is 306 g/mol. The van der Waals surface area contributed by atoms with E-state index in [0.717, 1.165) is 39.3 Å². The normalized spacial score (nSPS) is 12.2. The molecule has 0 aliphatic heterocycles. The molecule has 0 aromatic heterocycles. The molecule has 0 fully saturated rings. The first-order valence-corrected chi connectivity index (χ1v) is 10.5. The van der Waals surface area contributed by atoms with Crippen LogP contribution in [-0.4, -0.2) is 39.3 Å². The van der Waals surface area contributed by atoms with Gasteiger partial charge in [-0.3, -0.25) is 0 Å². The predicted molar refractivity (Wildman–Crippen MR) is 114 cm³/mol. The maximum atomic E-state index is 3.49. The maximum absolute atomic E-state index is 3.49. The molecule has 3 heteroatoms. The summed E-state index contributed by atoms with van der Waals surface area (Å²) in [5.41, 5.74) is 0. The molecule has 0 bridgehead atoms. The highest BCUT2D eigenvalue weighted by molar-refractivity contribution is 4.89. The Labute approximate surface area is 157 Å². The Morgan fingerprint density at radius 1 is 0.520 bits per heavy atom. The lowest BCUT2D eigenvalue weighted by Crippen LogP contribution is -2.17. The molecule has 0 rings (SSSR count). The first-order chi connectivity index (χ1) is 12.4. The number of nitrogens with one attached hydrogen (secondary N) is 3. The Balaban J connectivity index is 3.15. The van der Waals surface area contributed by atoms with Gasteiger partial charge in [0.25, 0.3) is 0 Å². The van der Waals surface area contributed by atoms with Gasteiger partial charge in [-0.1, -0.05) is 76.0 Å². The number of hydrogen-bond donors (Lipinski definition) is 3. The average molecular weight is 350 g/mol. The zero-order valence-electron chi connectivity index (χ0n) is 16.9. The number of unbranched alkanes of at least 4 members (excludes halogenated alkanes) is 6. The highest BCUT2D eigenvalue weighted by atomic mass is 14.9. The Morgan fingerprint density at radius 3 is 1.72 bits per heavy atom. The average Bonchev–Trinajstić information content (AvgIpc) is 2.63. The molecule has 0 saturated heterocycles. The predicted octanol–water partition coefficient (Wildman–Crippen LogP) is 4.58. The summed E-state index contributed by atoms with van der Waals surface area (Å²) in [6.07, 6.45) is 24.0. The minimum absolute atomic E-state index is 0.941. The smallest absolute Gasteiger partial charge is 0.0138 e. The van der Waals surface area contributed by atoms with Gasteiger partial charge in [-0.25, -0.2) is 0 Å². The van der Waals surface area contributed by atoms with Gasteiger partial charge in [0.2, 0.25) is 0 Å². The van der Waals surface area contributed by atoms with Gasteiger partial charge in [-0.15, -0.1) is 0 Å². The van der Waals surface area contributed by atoms with Crippen LogP contribution in [0.3, 0.4) is 0 Å². The molecular formula is C22H43N3. The van der Waals surface area contributed by atoms with Crippen molar-refractivity contribution >= 4 is 0 Å². The Kier molecular flexibility index (Phi) is 22.3. The molecule has 0 saturated carbocycles. The minimum atomic E-state index is 0.941. The van der Waals surface area contributed by atoms with Crippen LogP contribution in [-0.2, 0) is 0 Å². The van der Waals surface area contributed by atoms with Gasteiger partial charge in [0.1, 0.15) is 0 Å². The first-order valence-electron chi connectivity index (χ1n) is 10.5. The molecule has 3 N–H and O–H groups in total. The largest absolute Gasteiger partial charge is 0.314 e. The summed E-state index contributed by atoms with van der Waals surface area (Å²) in [6.45, 7) is 10.4. The molecule has 0 aliphatic carbocycles.